The minimum absolute atomic E-state index is 0.0263. The molecule has 1 saturated heterocycles. The van der Waals surface area contributed by atoms with Crippen molar-refractivity contribution in [3.8, 4) is 0 Å². The van der Waals surface area contributed by atoms with Gasteiger partial charge in [0, 0.05) is 32.1 Å². The van der Waals surface area contributed by atoms with Gasteiger partial charge in [-0.15, -0.1) is 0 Å². The fourth-order valence-corrected chi connectivity index (χ4v) is 4.32. The summed E-state index contributed by atoms with van der Waals surface area (Å²) in [6.45, 7) is 8.22. The lowest BCUT2D eigenvalue weighted by Crippen LogP contribution is -2.49. The van der Waals surface area contributed by atoms with Crippen LogP contribution in [0, 0.1) is 0 Å². The molecule has 7 nitrogen and oxygen atoms in total. The summed E-state index contributed by atoms with van der Waals surface area (Å²) in [4.78, 5) is 6.97. The van der Waals surface area contributed by atoms with E-state index in [1.807, 2.05) is 26.8 Å². The van der Waals surface area contributed by atoms with E-state index in [1.165, 1.54) is 0 Å². The molecule has 0 spiro atoms. The predicted octanol–water partition coefficient (Wildman–Crippen LogP) is 2.26. The van der Waals surface area contributed by atoms with E-state index in [0.29, 0.717) is 42.8 Å². The number of hydrogen-bond acceptors (Lipinski definition) is 6. The van der Waals surface area contributed by atoms with Gasteiger partial charge < -0.3 is 4.52 Å². The van der Waals surface area contributed by atoms with E-state index >= 15 is 0 Å². The fraction of sp³-hybridized carbons (Fsp3) is 0.529. The van der Waals surface area contributed by atoms with Gasteiger partial charge in [0.1, 0.15) is 0 Å². The first-order valence-corrected chi connectivity index (χ1v) is 9.96. The molecule has 1 fully saturated rings. The zero-order valence-electron chi connectivity index (χ0n) is 14.8. The standard InChI is InChI=1S/C17H24N4O3S/c1-13(2)16-18-17(24-19-16)14(3)20-9-11-21(12-10-20)25(22,23)15-7-5-4-6-8-15/h4-8,13-14H,9-12H2,1-3H3. The Labute approximate surface area is 148 Å². The van der Waals surface area contributed by atoms with Crippen LogP contribution in [0.2, 0.25) is 0 Å². The number of piperazine rings is 1. The summed E-state index contributed by atoms with van der Waals surface area (Å²) >= 11 is 0. The Morgan fingerprint density at radius 2 is 1.68 bits per heavy atom. The number of aromatic nitrogens is 2. The average molecular weight is 364 g/mol. The fourth-order valence-electron chi connectivity index (χ4n) is 2.88. The summed E-state index contributed by atoms with van der Waals surface area (Å²) in [5.74, 6) is 1.51. The molecule has 0 bridgehead atoms. The van der Waals surface area contributed by atoms with Crippen molar-refractivity contribution in [2.75, 3.05) is 26.2 Å². The molecule has 3 rings (SSSR count). The lowest BCUT2D eigenvalue weighted by molar-refractivity contribution is 0.124. The smallest absolute Gasteiger partial charge is 0.243 e. The molecule has 1 aromatic carbocycles. The van der Waals surface area contributed by atoms with Crippen LogP contribution in [0.5, 0.6) is 0 Å². The Morgan fingerprint density at radius 3 is 2.24 bits per heavy atom. The average Bonchev–Trinajstić information content (AvgIpc) is 3.12. The Balaban J connectivity index is 1.65. The summed E-state index contributed by atoms with van der Waals surface area (Å²) in [6, 6.07) is 8.54. The van der Waals surface area contributed by atoms with Crippen molar-refractivity contribution in [2.45, 2.75) is 37.6 Å². The molecular weight excluding hydrogens is 340 g/mol. The minimum atomic E-state index is -3.43. The van der Waals surface area contributed by atoms with Gasteiger partial charge in [-0.3, -0.25) is 4.90 Å². The molecule has 25 heavy (non-hydrogen) atoms. The molecule has 1 aliphatic heterocycles. The van der Waals surface area contributed by atoms with Crippen LogP contribution in [0.4, 0.5) is 0 Å². The molecule has 0 saturated carbocycles. The summed E-state index contributed by atoms with van der Waals surface area (Å²) in [7, 11) is -3.43. The van der Waals surface area contributed by atoms with E-state index < -0.39 is 10.0 Å². The monoisotopic (exact) mass is 364 g/mol. The molecule has 8 heteroatoms. The van der Waals surface area contributed by atoms with E-state index in [4.69, 9.17) is 4.52 Å². The summed E-state index contributed by atoms with van der Waals surface area (Å²) in [5, 5.41) is 4.01. The quantitative estimate of drug-likeness (QED) is 0.810. The van der Waals surface area contributed by atoms with E-state index in [9.17, 15) is 8.42 Å². The summed E-state index contributed by atoms with van der Waals surface area (Å²) < 4.78 is 32.3. The van der Waals surface area contributed by atoms with Crippen molar-refractivity contribution in [3.05, 3.63) is 42.0 Å². The molecule has 2 aromatic rings. The van der Waals surface area contributed by atoms with Crippen molar-refractivity contribution in [2.24, 2.45) is 0 Å². The van der Waals surface area contributed by atoms with Crippen LogP contribution >= 0.6 is 0 Å². The van der Waals surface area contributed by atoms with Gasteiger partial charge in [0.25, 0.3) is 0 Å². The van der Waals surface area contributed by atoms with E-state index in [0.717, 1.165) is 0 Å². The van der Waals surface area contributed by atoms with Gasteiger partial charge in [-0.25, -0.2) is 8.42 Å². The Hall–Kier alpha value is -1.77. The van der Waals surface area contributed by atoms with Crippen molar-refractivity contribution in [3.63, 3.8) is 0 Å². The lowest BCUT2D eigenvalue weighted by atomic mass is 10.2. The maximum Gasteiger partial charge on any atom is 0.243 e. The number of rotatable bonds is 5. The highest BCUT2D eigenvalue weighted by atomic mass is 32.2. The molecule has 0 amide bonds. The molecular formula is C17H24N4O3S. The highest BCUT2D eigenvalue weighted by molar-refractivity contribution is 7.89. The van der Waals surface area contributed by atoms with Crippen LogP contribution in [0.25, 0.3) is 0 Å². The third-order valence-corrected chi connectivity index (χ3v) is 6.45. The van der Waals surface area contributed by atoms with E-state index in [-0.39, 0.29) is 12.0 Å². The SMILES string of the molecule is CC(C)c1noc(C(C)N2CCN(S(=O)(=O)c3ccccc3)CC2)n1. The van der Waals surface area contributed by atoms with Crippen molar-refractivity contribution in [1.82, 2.24) is 19.3 Å². The Morgan fingerprint density at radius 1 is 1.04 bits per heavy atom. The molecule has 1 aliphatic rings. The Kier molecular flexibility index (Phi) is 5.21. The second kappa shape index (κ2) is 7.23. The topological polar surface area (TPSA) is 79.5 Å². The van der Waals surface area contributed by atoms with Gasteiger partial charge in [0.05, 0.1) is 10.9 Å². The van der Waals surface area contributed by atoms with Crippen molar-refractivity contribution in [1.29, 1.82) is 0 Å². The van der Waals surface area contributed by atoms with Crippen molar-refractivity contribution < 1.29 is 12.9 Å². The number of nitrogens with zero attached hydrogens (tertiary/aromatic N) is 4. The zero-order chi connectivity index (χ0) is 18.0. The maximum atomic E-state index is 12.7. The molecule has 1 aromatic heterocycles. The van der Waals surface area contributed by atoms with Crippen LogP contribution < -0.4 is 0 Å². The Bertz CT molecular complexity index is 796. The zero-order valence-corrected chi connectivity index (χ0v) is 15.6. The van der Waals surface area contributed by atoms with Gasteiger partial charge >= 0.3 is 0 Å². The molecule has 0 radical (unpaired) electrons. The van der Waals surface area contributed by atoms with Crippen LogP contribution in [0.1, 0.15) is 44.4 Å². The van der Waals surface area contributed by atoms with Crippen LogP contribution in [0.3, 0.4) is 0 Å². The normalized spacial score (nSPS) is 18.6. The van der Waals surface area contributed by atoms with Crippen molar-refractivity contribution >= 4 is 10.0 Å². The second-order valence-electron chi connectivity index (χ2n) is 6.57. The second-order valence-corrected chi connectivity index (χ2v) is 8.51. The third kappa shape index (κ3) is 3.75. The van der Waals surface area contributed by atoms with Crippen LogP contribution in [0.15, 0.2) is 39.8 Å². The van der Waals surface area contributed by atoms with Gasteiger partial charge in [-0.1, -0.05) is 37.2 Å². The lowest BCUT2D eigenvalue weighted by Gasteiger charge is -2.36. The number of benzene rings is 1. The van der Waals surface area contributed by atoms with Gasteiger partial charge in [-0.05, 0) is 19.1 Å². The molecule has 1 atom stereocenters. The number of hydrogen-bond donors (Lipinski definition) is 0. The molecule has 2 heterocycles. The van der Waals surface area contributed by atoms with Gasteiger partial charge in [0.2, 0.25) is 15.9 Å². The van der Waals surface area contributed by atoms with Crippen LogP contribution in [-0.2, 0) is 10.0 Å². The van der Waals surface area contributed by atoms with Gasteiger partial charge in [0.15, 0.2) is 5.82 Å². The van der Waals surface area contributed by atoms with E-state index in [1.54, 1.807) is 28.6 Å². The number of sulfonamides is 1. The highest BCUT2D eigenvalue weighted by Crippen LogP contribution is 2.24. The molecule has 0 aliphatic carbocycles. The summed E-state index contributed by atoms with van der Waals surface area (Å²) in [5.41, 5.74) is 0. The maximum absolute atomic E-state index is 12.7. The third-order valence-electron chi connectivity index (χ3n) is 4.53. The minimum Gasteiger partial charge on any atom is -0.338 e. The van der Waals surface area contributed by atoms with E-state index in [2.05, 4.69) is 15.0 Å². The first-order valence-electron chi connectivity index (χ1n) is 8.52. The first kappa shape index (κ1) is 18.0. The highest BCUT2D eigenvalue weighted by Gasteiger charge is 2.31. The van der Waals surface area contributed by atoms with Gasteiger partial charge in [-0.2, -0.15) is 9.29 Å². The largest absolute Gasteiger partial charge is 0.338 e. The van der Waals surface area contributed by atoms with Crippen LogP contribution in [-0.4, -0.2) is 53.9 Å². The molecule has 1 unspecified atom stereocenters. The summed E-state index contributed by atoms with van der Waals surface area (Å²) in [6.07, 6.45) is 0. The first-order chi connectivity index (χ1) is 11.9. The molecule has 0 N–H and O–H groups in total. The molecule has 136 valence electrons. The predicted molar refractivity (Wildman–Crippen MR) is 93.6 cm³/mol.